The molecule has 0 amide bonds. The van der Waals surface area contributed by atoms with Crippen LogP contribution in [0.2, 0.25) is 5.02 Å². The Morgan fingerprint density at radius 3 is 2.52 bits per heavy atom. The molecule has 0 atom stereocenters. The van der Waals surface area contributed by atoms with E-state index in [9.17, 15) is 5.11 Å². The highest BCUT2D eigenvalue weighted by atomic mass is 35.5. The zero-order valence-electron chi connectivity index (χ0n) is 12.9. The number of benzene rings is 2. The van der Waals surface area contributed by atoms with Crippen LogP contribution in [0.3, 0.4) is 0 Å². The van der Waals surface area contributed by atoms with Crippen molar-refractivity contribution in [2.45, 2.75) is 0 Å². The molecule has 25 heavy (non-hydrogen) atoms. The summed E-state index contributed by atoms with van der Waals surface area (Å²) in [7, 11) is 0. The predicted octanol–water partition coefficient (Wildman–Crippen LogP) is 3.96. The Balaban J connectivity index is 2.04. The molecule has 1 aromatic heterocycles. The first-order valence-corrected chi connectivity index (χ1v) is 7.67. The molecule has 1 heterocycles. The number of nitrogens with zero attached hydrogens (tertiary/aromatic N) is 4. The second-order valence-electron chi connectivity index (χ2n) is 4.95. The molecule has 6 nitrogen and oxygen atoms in total. The van der Waals surface area contributed by atoms with Crippen molar-refractivity contribution in [3.8, 4) is 23.3 Å². The molecule has 2 N–H and O–H groups in total. The monoisotopic (exact) mass is 349 g/mol. The molecule has 3 rings (SSSR count). The molecule has 7 heteroatoms. The van der Waals surface area contributed by atoms with E-state index in [1.165, 1.54) is 6.07 Å². The molecule has 2 aromatic carbocycles. The number of phenols is 1. The normalized spacial score (nSPS) is 10.6. The number of para-hydroxylation sites is 1. The van der Waals surface area contributed by atoms with Crippen LogP contribution in [0.5, 0.6) is 5.75 Å². The number of phenolic OH excluding ortho intramolecular Hbond substituents is 1. The number of halogens is 1. The van der Waals surface area contributed by atoms with Crippen LogP contribution >= 0.6 is 11.6 Å². The van der Waals surface area contributed by atoms with Crippen LogP contribution in [0.15, 0.2) is 48.5 Å². The summed E-state index contributed by atoms with van der Waals surface area (Å²) in [6, 6.07) is 14.0. The minimum Gasteiger partial charge on any atom is -0.507 e. The number of aromatic nitrogens is 3. The van der Waals surface area contributed by atoms with Crippen molar-refractivity contribution in [1.29, 1.82) is 5.26 Å². The Morgan fingerprint density at radius 2 is 1.76 bits per heavy atom. The number of hydrogen-bond donors (Lipinski definition) is 2. The molecule has 0 unspecified atom stereocenters. The van der Waals surface area contributed by atoms with Gasteiger partial charge in [0.1, 0.15) is 5.75 Å². The minimum atomic E-state index is 0.0395. The van der Waals surface area contributed by atoms with Crippen LogP contribution in [0.4, 0.5) is 5.95 Å². The van der Waals surface area contributed by atoms with Crippen molar-refractivity contribution in [3.05, 3.63) is 64.9 Å². The van der Waals surface area contributed by atoms with Gasteiger partial charge in [-0.3, -0.25) is 5.32 Å². The first kappa shape index (κ1) is 16.4. The lowest BCUT2D eigenvalue weighted by molar-refractivity contribution is 0.477. The van der Waals surface area contributed by atoms with Crippen molar-refractivity contribution >= 4 is 29.7 Å². The van der Waals surface area contributed by atoms with E-state index in [-0.39, 0.29) is 17.5 Å². The molecule has 122 valence electrons. The number of nitriles is 1. The van der Waals surface area contributed by atoms with Gasteiger partial charge >= 0.3 is 0 Å². The average Bonchev–Trinajstić information content (AvgIpc) is 2.61. The van der Waals surface area contributed by atoms with E-state index in [0.29, 0.717) is 16.4 Å². The summed E-state index contributed by atoms with van der Waals surface area (Å²) < 4.78 is 0. The summed E-state index contributed by atoms with van der Waals surface area (Å²) in [6.45, 7) is 0. The summed E-state index contributed by atoms with van der Waals surface area (Å²) in [6.07, 6.45) is 5.20. The Morgan fingerprint density at radius 1 is 1.00 bits per heavy atom. The second-order valence-corrected chi connectivity index (χ2v) is 5.36. The summed E-state index contributed by atoms with van der Waals surface area (Å²) in [4.78, 5) is 12.6. The van der Waals surface area contributed by atoms with Gasteiger partial charge in [-0.25, -0.2) is 4.98 Å². The van der Waals surface area contributed by atoms with Gasteiger partial charge in [-0.2, -0.15) is 15.2 Å². The van der Waals surface area contributed by atoms with E-state index >= 15 is 0 Å². The van der Waals surface area contributed by atoms with E-state index < -0.39 is 0 Å². The minimum absolute atomic E-state index is 0.0395. The van der Waals surface area contributed by atoms with Crippen LogP contribution < -0.4 is 5.32 Å². The zero-order valence-corrected chi connectivity index (χ0v) is 13.6. The number of aromatic hydroxyl groups is 1. The maximum Gasteiger partial charge on any atom is 0.240 e. The third kappa shape index (κ3) is 3.91. The maximum absolute atomic E-state index is 10.00. The van der Waals surface area contributed by atoms with Crippen molar-refractivity contribution in [1.82, 2.24) is 15.0 Å². The summed E-state index contributed by atoms with van der Waals surface area (Å²) >= 11 is 6.13. The Labute approximate surface area is 149 Å². The Hall–Kier alpha value is -3.43. The molecular formula is C18H12ClN5O. The van der Waals surface area contributed by atoms with Gasteiger partial charge in [-0.05, 0) is 35.9 Å². The van der Waals surface area contributed by atoms with E-state index in [1.54, 1.807) is 42.6 Å². The number of nitrogens with one attached hydrogen (secondary N) is 1. The molecule has 0 saturated heterocycles. The highest BCUT2D eigenvalue weighted by Crippen LogP contribution is 2.26. The molecule has 0 radical (unpaired) electrons. The number of anilines is 1. The third-order valence-corrected chi connectivity index (χ3v) is 3.63. The standard InChI is InChI=1S/C18H12ClN5O/c19-14-7-3-1-5-12(14)9-10-16-22-17(24-18(23-16)21-11-20)13-6-2-4-8-15(13)25/h1-10,25H,(H,21,22,23,24). The quantitative estimate of drug-likeness (QED) is 0.547. The average molecular weight is 350 g/mol. The van der Waals surface area contributed by atoms with Gasteiger partial charge in [0.15, 0.2) is 17.8 Å². The maximum atomic E-state index is 10.00. The molecule has 0 aliphatic rings. The zero-order chi connectivity index (χ0) is 17.6. The predicted molar refractivity (Wildman–Crippen MR) is 96.5 cm³/mol. The molecule has 0 fully saturated rings. The van der Waals surface area contributed by atoms with E-state index in [2.05, 4.69) is 20.3 Å². The number of rotatable bonds is 4. The van der Waals surface area contributed by atoms with E-state index in [4.69, 9.17) is 16.9 Å². The van der Waals surface area contributed by atoms with Crippen LogP contribution in [-0.2, 0) is 0 Å². The second kappa shape index (κ2) is 7.43. The molecule has 0 saturated carbocycles. The molecular weight excluding hydrogens is 338 g/mol. The van der Waals surface area contributed by atoms with Crippen molar-refractivity contribution in [2.75, 3.05) is 5.32 Å². The van der Waals surface area contributed by atoms with Gasteiger partial charge in [0.2, 0.25) is 5.95 Å². The van der Waals surface area contributed by atoms with Crippen LogP contribution in [0.1, 0.15) is 11.4 Å². The van der Waals surface area contributed by atoms with Crippen molar-refractivity contribution in [2.24, 2.45) is 0 Å². The lowest BCUT2D eigenvalue weighted by atomic mass is 10.2. The highest BCUT2D eigenvalue weighted by Gasteiger charge is 2.10. The Kier molecular flexibility index (Phi) is 4.88. The van der Waals surface area contributed by atoms with Gasteiger partial charge in [-0.15, -0.1) is 0 Å². The van der Waals surface area contributed by atoms with Crippen molar-refractivity contribution in [3.63, 3.8) is 0 Å². The fourth-order valence-electron chi connectivity index (χ4n) is 2.13. The lowest BCUT2D eigenvalue weighted by Crippen LogP contribution is -2.02. The van der Waals surface area contributed by atoms with Crippen LogP contribution in [-0.4, -0.2) is 20.1 Å². The van der Waals surface area contributed by atoms with Gasteiger partial charge < -0.3 is 5.11 Å². The molecule has 0 aliphatic carbocycles. The fourth-order valence-corrected chi connectivity index (χ4v) is 2.33. The largest absolute Gasteiger partial charge is 0.507 e. The van der Waals surface area contributed by atoms with Gasteiger partial charge in [0, 0.05) is 5.02 Å². The third-order valence-electron chi connectivity index (χ3n) is 3.28. The van der Waals surface area contributed by atoms with E-state index in [1.807, 2.05) is 18.2 Å². The van der Waals surface area contributed by atoms with Crippen molar-refractivity contribution < 1.29 is 5.11 Å². The van der Waals surface area contributed by atoms with Gasteiger partial charge in [0.25, 0.3) is 0 Å². The topological polar surface area (TPSA) is 94.7 Å². The first-order chi connectivity index (χ1) is 12.2. The van der Waals surface area contributed by atoms with E-state index in [0.717, 1.165) is 5.56 Å². The first-order valence-electron chi connectivity index (χ1n) is 7.29. The Bertz CT molecular complexity index is 981. The van der Waals surface area contributed by atoms with Crippen LogP contribution in [0, 0.1) is 11.5 Å². The molecule has 3 aromatic rings. The van der Waals surface area contributed by atoms with Crippen LogP contribution in [0.25, 0.3) is 23.5 Å². The summed E-state index contributed by atoms with van der Waals surface area (Å²) in [5.74, 6) is 0.711. The van der Waals surface area contributed by atoms with Gasteiger partial charge in [0.05, 0.1) is 5.56 Å². The molecule has 0 aliphatic heterocycles. The smallest absolute Gasteiger partial charge is 0.240 e. The summed E-state index contributed by atoms with van der Waals surface area (Å²) in [5.41, 5.74) is 1.25. The molecule has 0 spiro atoms. The highest BCUT2D eigenvalue weighted by molar-refractivity contribution is 6.32. The molecule has 0 bridgehead atoms. The SMILES string of the molecule is N#CNc1nc(C=Cc2ccccc2Cl)nc(-c2ccccc2O)n1. The summed E-state index contributed by atoms with van der Waals surface area (Å²) in [5, 5.41) is 21.8. The van der Waals surface area contributed by atoms with Gasteiger partial charge in [-0.1, -0.05) is 41.9 Å². The lowest BCUT2D eigenvalue weighted by Gasteiger charge is -2.05. The number of hydrogen-bond acceptors (Lipinski definition) is 6. The fraction of sp³-hybridized carbons (Fsp3) is 0.